The topological polar surface area (TPSA) is 49.0 Å². The van der Waals surface area contributed by atoms with E-state index in [1.165, 1.54) is 12.1 Å². The summed E-state index contributed by atoms with van der Waals surface area (Å²) in [6.45, 7) is -0.568. The van der Waals surface area contributed by atoms with E-state index in [-0.39, 0.29) is 32.7 Å². The van der Waals surface area contributed by atoms with Gasteiger partial charge in [0.15, 0.2) is 0 Å². The quantitative estimate of drug-likeness (QED) is 0.519. The van der Waals surface area contributed by atoms with Crippen molar-refractivity contribution in [2.75, 3.05) is 6.54 Å². The Morgan fingerprint density at radius 3 is 2.35 bits per heavy atom. The Morgan fingerprint density at radius 1 is 1.12 bits per heavy atom. The van der Waals surface area contributed by atoms with Gasteiger partial charge in [-0.25, -0.2) is 9.37 Å². The Balaban J connectivity index is 2.05. The predicted molar refractivity (Wildman–Crippen MR) is 89.1 cm³/mol. The zero-order valence-corrected chi connectivity index (χ0v) is 14.4. The maximum absolute atomic E-state index is 14.0. The molecule has 2 aromatic rings. The largest absolute Gasteiger partial charge is 0.400 e. The lowest BCUT2D eigenvalue weighted by molar-refractivity contribution is -0.183. The Bertz CT molecular complexity index is 930. The fourth-order valence-corrected chi connectivity index (χ4v) is 3.36. The number of nitrogens with zero attached hydrogens (tertiary/aromatic N) is 3. The second-order valence-electron chi connectivity index (χ2n) is 5.83. The van der Waals surface area contributed by atoms with Gasteiger partial charge in [0, 0.05) is 12.1 Å². The number of alkyl halides is 3. The first-order valence-electron chi connectivity index (χ1n) is 7.30. The van der Waals surface area contributed by atoms with Crippen LogP contribution in [0, 0.1) is 17.1 Å². The third kappa shape index (κ3) is 3.15. The van der Waals surface area contributed by atoms with Crippen molar-refractivity contribution in [2.24, 2.45) is 4.99 Å². The molecule has 1 aliphatic heterocycles. The van der Waals surface area contributed by atoms with Gasteiger partial charge in [-0.3, -0.25) is 4.99 Å². The Kier molecular flexibility index (Phi) is 4.67. The van der Waals surface area contributed by atoms with Crippen molar-refractivity contribution in [2.45, 2.75) is 18.0 Å². The van der Waals surface area contributed by atoms with Crippen LogP contribution < -0.4 is 0 Å². The number of pyridine rings is 1. The third-order valence-electron chi connectivity index (χ3n) is 4.29. The van der Waals surface area contributed by atoms with E-state index in [9.17, 15) is 17.6 Å². The molecule has 0 saturated carbocycles. The molecule has 26 heavy (non-hydrogen) atoms. The van der Waals surface area contributed by atoms with Crippen LogP contribution in [0.2, 0.25) is 10.3 Å². The number of hydrogen-bond acceptors (Lipinski definition) is 3. The molecule has 0 N–H and O–H groups in total. The van der Waals surface area contributed by atoms with Crippen LogP contribution in [-0.2, 0) is 5.41 Å². The lowest BCUT2D eigenvalue weighted by atomic mass is 9.77. The third-order valence-corrected chi connectivity index (χ3v) is 4.67. The number of benzene rings is 1. The van der Waals surface area contributed by atoms with Crippen molar-refractivity contribution in [3.63, 3.8) is 0 Å². The minimum absolute atomic E-state index is 0.128. The highest BCUT2D eigenvalue weighted by molar-refractivity contribution is 6.32. The van der Waals surface area contributed by atoms with Crippen LogP contribution in [0.25, 0.3) is 0 Å². The number of halogens is 6. The first kappa shape index (κ1) is 18.6. The molecule has 0 amide bonds. The van der Waals surface area contributed by atoms with Crippen molar-refractivity contribution < 1.29 is 17.6 Å². The van der Waals surface area contributed by atoms with Gasteiger partial charge in [0.1, 0.15) is 27.6 Å². The van der Waals surface area contributed by atoms with Gasteiger partial charge in [-0.1, -0.05) is 29.3 Å². The highest BCUT2D eigenvalue weighted by Gasteiger charge is 2.58. The summed E-state index contributed by atoms with van der Waals surface area (Å²) in [5.74, 6) is -0.746. The maximum Gasteiger partial charge on any atom is 0.400 e. The fourth-order valence-electron chi connectivity index (χ4n) is 2.90. The summed E-state index contributed by atoms with van der Waals surface area (Å²) in [7, 11) is 0. The van der Waals surface area contributed by atoms with E-state index in [2.05, 4.69) is 9.98 Å². The second kappa shape index (κ2) is 6.53. The van der Waals surface area contributed by atoms with Crippen molar-refractivity contribution in [1.82, 2.24) is 4.98 Å². The van der Waals surface area contributed by atoms with Crippen LogP contribution in [0.15, 0.2) is 35.3 Å². The van der Waals surface area contributed by atoms with Gasteiger partial charge in [0.25, 0.3) is 0 Å². The predicted octanol–water partition coefficient (Wildman–Crippen LogP) is 5.09. The summed E-state index contributed by atoms with van der Waals surface area (Å²) in [5.41, 5.74) is -2.33. The summed E-state index contributed by atoms with van der Waals surface area (Å²) in [4.78, 5) is 7.70. The van der Waals surface area contributed by atoms with E-state index in [0.717, 1.165) is 18.2 Å². The van der Waals surface area contributed by atoms with Crippen LogP contribution in [-0.4, -0.2) is 23.4 Å². The van der Waals surface area contributed by atoms with E-state index >= 15 is 0 Å². The van der Waals surface area contributed by atoms with E-state index in [1.807, 2.05) is 0 Å². The number of hydrogen-bond donors (Lipinski definition) is 0. The average Bonchev–Trinajstić information content (AvgIpc) is 3.01. The van der Waals surface area contributed by atoms with Crippen LogP contribution >= 0.6 is 23.2 Å². The van der Waals surface area contributed by atoms with E-state index in [1.54, 1.807) is 6.07 Å². The van der Waals surface area contributed by atoms with Gasteiger partial charge < -0.3 is 0 Å². The lowest BCUT2D eigenvalue weighted by Crippen LogP contribution is -2.43. The zero-order chi connectivity index (χ0) is 19.1. The molecular formula is C17H9Cl2F4N3. The minimum Gasteiger partial charge on any atom is -0.288 e. The summed E-state index contributed by atoms with van der Waals surface area (Å²) in [6.07, 6.45) is -5.12. The van der Waals surface area contributed by atoms with Crippen molar-refractivity contribution in [3.8, 4) is 6.07 Å². The molecule has 1 aliphatic rings. The number of aromatic nitrogens is 1. The molecular weight excluding hydrogens is 393 g/mol. The Labute approximate surface area is 155 Å². The Morgan fingerprint density at radius 2 is 1.77 bits per heavy atom. The molecule has 0 bridgehead atoms. The van der Waals surface area contributed by atoms with E-state index in [0.29, 0.717) is 0 Å². The molecule has 0 radical (unpaired) electrons. The molecule has 9 heteroatoms. The maximum atomic E-state index is 14.0. The van der Waals surface area contributed by atoms with Crippen molar-refractivity contribution in [1.29, 1.82) is 5.26 Å². The van der Waals surface area contributed by atoms with Gasteiger partial charge in [-0.15, -0.1) is 0 Å². The van der Waals surface area contributed by atoms with Gasteiger partial charge >= 0.3 is 6.18 Å². The molecule has 0 saturated heterocycles. The molecule has 1 aromatic heterocycles. The zero-order valence-electron chi connectivity index (χ0n) is 12.9. The fraction of sp³-hybridized carbons (Fsp3) is 0.235. The van der Waals surface area contributed by atoms with E-state index in [4.69, 9.17) is 28.5 Å². The van der Waals surface area contributed by atoms with Gasteiger partial charge in [0.05, 0.1) is 12.1 Å². The van der Waals surface area contributed by atoms with Crippen LogP contribution in [0.3, 0.4) is 0 Å². The van der Waals surface area contributed by atoms with Gasteiger partial charge in [-0.2, -0.15) is 18.4 Å². The van der Waals surface area contributed by atoms with Crippen LogP contribution in [0.1, 0.15) is 23.1 Å². The van der Waals surface area contributed by atoms with Crippen molar-refractivity contribution in [3.05, 3.63) is 63.1 Å². The monoisotopic (exact) mass is 401 g/mol. The van der Waals surface area contributed by atoms with Crippen LogP contribution in [0.4, 0.5) is 17.6 Å². The molecule has 1 unspecified atom stereocenters. The molecule has 0 spiro atoms. The molecule has 0 aliphatic carbocycles. The average molecular weight is 402 g/mol. The smallest absolute Gasteiger partial charge is 0.288 e. The highest BCUT2D eigenvalue weighted by atomic mass is 35.5. The molecule has 0 fully saturated rings. The lowest BCUT2D eigenvalue weighted by Gasteiger charge is -2.31. The van der Waals surface area contributed by atoms with Crippen molar-refractivity contribution >= 4 is 28.9 Å². The number of aliphatic imine (C=N–C) groups is 1. The molecule has 2 heterocycles. The summed E-state index contributed by atoms with van der Waals surface area (Å²) >= 11 is 11.5. The second-order valence-corrected chi connectivity index (χ2v) is 6.60. The SMILES string of the molecule is N#Cc1cc(C2=NCC(c3cc(Cl)nc(Cl)c3)(C(F)(F)F)C2)ccc1F. The number of rotatable bonds is 2. The molecule has 3 nitrogen and oxygen atoms in total. The van der Waals surface area contributed by atoms with Gasteiger partial charge in [-0.05, 0) is 35.4 Å². The van der Waals surface area contributed by atoms with Gasteiger partial charge in [0.2, 0.25) is 0 Å². The molecule has 1 atom stereocenters. The summed E-state index contributed by atoms with van der Waals surface area (Å²) in [5, 5.41) is 8.60. The summed E-state index contributed by atoms with van der Waals surface area (Å²) in [6, 6.07) is 7.41. The first-order valence-corrected chi connectivity index (χ1v) is 8.05. The molecule has 1 aromatic carbocycles. The highest BCUT2D eigenvalue weighted by Crippen LogP contribution is 2.48. The molecule has 134 valence electrons. The normalized spacial score (nSPS) is 20.0. The summed E-state index contributed by atoms with van der Waals surface area (Å²) < 4.78 is 55.4. The molecule has 3 rings (SSSR count). The number of nitriles is 1. The standard InChI is InChI=1S/C17H9Cl2F4N3/c18-14-4-11(5-15(19)26-14)16(17(21,22)23)6-13(25-8-16)9-1-2-12(20)10(3-9)7-24/h1-5H,6,8H2. The minimum atomic E-state index is -4.63. The first-order chi connectivity index (χ1) is 12.2. The van der Waals surface area contributed by atoms with E-state index < -0.39 is 30.4 Å². The Hall–Kier alpha value is -2.17. The van der Waals surface area contributed by atoms with Crippen LogP contribution in [0.5, 0.6) is 0 Å².